The zero-order valence-corrected chi connectivity index (χ0v) is 15.4. The lowest BCUT2D eigenvalue weighted by Crippen LogP contribution is -2.48. The van der Waals surface area contributed by atoms with Crippen molar-refractivity contribution in [2.75, 3.05) is 19.6 Å². The fourth-order valence-electron chi connectivity index (χ4n) is 3.50. The van der Waals surface area contributed by atoms with Crippen molar-refractivity contribution >= 4 is 5.91 Å². The number of nitrogens with zero attached hydrogens (tertiary/aromatic N) is 4. The quantitative estimate of drug-likeness (QED) is 0.776. The minimum absolute atomic E-state index is 0.0506. The summed E-state index contributed by atoms with van der Waals surface area (Å²) in [6, 6.07) is 16.2. The number of nitrogens with one attached hydrogen (secondary N) is 1. The number of aromatic nitrogens is 3. The van der Waals surface area contributed by atoms with E-state index in [4.69, 9.17) is 0 Å². The monoisotopic (exact) mass is 361 g/mol. The maximum absolute atomic E-state index is 13.2. The number of piperazine rings is 1. The average Bonchev–Trinajstić information content (AvgIpc) is 3.28. The molecular formula is C21H23N5O. The van der Waals surface area contributed by atoms with Crippen LogP contribution < -0.4 is 5.32 Å². The summed E-state index contributed by atoms with van der Waals surface area (Å²) in [5, 5.41) is 11.0. The lowest BCUT2D eigenvalue weighted by Gasteiger charge is -2.36. The topological polar surface area (TPSA) is 63.1 Å². The first-order valence-electron chi connectivity index (χ1n) is 9.32. The van der Waals surface area contributed by atoms with E-state index in [1.54, 1.807) is 12.7 Å². The Kier molecular flexibility index (Phi) is 4.98. The van der Waals surface area contributed by atoms with Gasteiger partial charge in [0.1, 0.15) is 12.7 Å². The molecule has 1 aliphatic rings. The molecule has 1 amide bonds. The number of amides is 1. The van der Waals surface area contributed by atoms with Crippen molar-refractivity contribution in [1.82, 2.24) is 25.0 Å². The summed E-state index contributed by atoms with van der Waals surface area (Å²) in [7, 11) is 0. The van der Waals surface area contributed by atoms with Crippen molar-refractivity contribution in [2.24, 2.45) is 0 Å². The molecule has 6 heteroatoms. The highest BCUT2D eigenvalue weighted by molar-refractivity contribution is 5.94. The first-order valence-corrected chi connectivity index (χ1v) is 9.32. The number of carbonyl (C=O) groups is 1. The van der Waals surface area contributed by atoms with Gasteiger partial charge in [-0.1, -0.05) is 31.2 Å². The summed E-state index contributed by atoms with van der Waals surface area (Å²) in [6.45, 7) is 4.44. The highest BCUT2D eigenvalue weighted by Gasteiger charge is 2.28. The van der Waals surface area contributed by atoms with E-state index in [2.05, 4.69) is 46.7 Å². The number of carbonyl (C=O) groups excluding carboxylic acids is 1. The summed E-state index contributed by atoms with van der Waals surface area (Å²) >= 11 is 0. The van der Waals surface area contributed by atoms with Crippen molar-refractivity contribution < 1.29 is 4.79 Å². The second kappa shape index (κ2) is 7.72. The van der Waals surface area contributed by atoms with Gasteiger partial charge in [-0.25, -0.2) is 0 Å². The molecule has 27 heavy (non-hydrogen) atoms. The number of rotatable bonds is 4. The Labute approximate surface area is 158 Å². The molecule has 0 saturated carbocycles. The zero-order chi connectivity index (χ0) is 18.6. The molecule has 0 aliphatic carbocycles. The molecule has 1 aromatic heterocycles. The van der Waals surface area contributed by atoms with E-state index < -0.39 is 0 Å². The largest absolute Gasteiger partial charge is 0.329 e. The van der Waals surface area contributed by atoms with E-state index in [9.17, 15) is 4.79 Å². The van der Waals surface area contributed by atoms with Gasteiger partial charge in [-0.05, 0) is 41.8 Å². The van der Waals surface area contributed by atoms with Crippen LogP contribution >= 0.6 is 0 Å². The van der Waals surface area contributed by atoms with Crippen molar-refractivity contribution in [3.63, 3.8) is 0 Å². The molecule has 1 saturated heterocycles. The molecule has 4 rings (SSSR count). The summed E-state index contributed by atoms with van der Waals surface area (Å²) in [5.74, 6) is 0.0661. The fraction of sp³-hybridized carbons (Fsp3) is 0.286. The van der Waals surface area contributed by atoms with Gasteiger partial charge < -0.3 is 10.2 Å². The summed E-state index contributed by atoms with van der Waals surface area (Å²) < 4.78 is 1.82. The Morgan fingerprint density at radius 3 is 2.44 bits per heavy atom. The van der Waals surface area contributed by atoms with Crippen molar-refractivity contribution in [3.8, 4) is 5.69 Å². The second-order valence-corrected chi connectivity index (χ2v) is 6.73. The van der Waals surface area contributed by atoms with Gasteiger partial charge in [0.15, 0.2) is 0 Å². The number of hydrogen-bond donors (Lipinski definition) is 1. The number of hydrogen-bond acceptors (Lipinski definition) is 4. The minimum atomic E-state index is 0.0506. The van der Waals surface area contributed by atoms with Gasteiger partial charge >= 0.3 is 0 Å². The average molecular weight is 361 g/mol. The summed E-state index contributed by atoms with van der Waals surface area (Å²) in [5.41, 5.74) is 4.12. The third kappa shape index (κ3) is 3.61. The molecule has 0 radical (unpaired) electrons. The van der Waals surface area contributed by atoms with Gasteiger partial charge in [-0.15, -0.1) is 10.2 Å². The van der Waals surface area contributed by atoms with E-state index in [0.29, 0.717) is 12.1 Å². The van der Waals surface area contributed by atoms with Gasteiger partial charge in [0.05, 0.1) is 6.04 Å². The molecule has 1 atom stereocenters. The van der Waals surface area contributed by atoms with Crippen LogP contribution in [0.15, 0.2) is 61.2 Å². The molecule has 138 valence electrons. The molecule has 1 fully saturated rings. The standard InChI is InChI=1S/C21H23N5O/c1-2-16-3-5-17(6-4-16)20-13-22-11-12-26(20)21(27)18-7-9-19(10-8-18)25-14-23-24-15-25/h3-10,14-15,20,22H,2,11-13H2,1H3. The Balaban J connectivity index is 1.56. The number of benzene rings is 2. The Morgan fingerprint density at radius 2 is 1.78 bits per heavy atom. The summed E-state index contributed by atoms with van der Waals surface area (Å²) in [6.07, 6.45) is 4.30. The molecule has 0 spiro atoms. The summed E-state index contributed by atoms with van der Waals surface area (Å²) in [4.78, 5) is 15.1. The molecular weight excluding hydrogens is 338 g/mol. The van der Waals surface area contributed by atoms with Gasteiger partial charge in [0.2, 0.25) is 0 Å². The van der Waals surface area contributed by atoms with Gasteiger partial charge in [0.25, 0.3) is 5.91 Å². The molecule has 1 N–H and O–H groups in total. The normalized spacial score (nSPS) is 17.1. The molecule has 1 aliphatic heterocycles. The Bertz CT molecular complexity index is 887. The third-order valence-electron chi connectivity index (χ3n) is 5.11. The predicted octanol–water partition coefficient (Wildman–Crippen LogP) is 2.62. The first-order chi connectivity index (χ1) is 13.3. The van der Waals surface area contributed by atoms with Crippen LogP contribution in [0.4, 0.5) is 0 Å². The zero-order valence-electron chi connectivity index (χ0n) is 15.4. The molecule has 2 heterocycles. The maximum atomic E-state index is 13.2. The van der Waals surface area contributed by atoms with Gasteiger partial charge in [-0.3, -0.25) is 9.36 Å². The molecule has 1 unspecified atom stereocenters. The lowest BCUT2D eigenvalue weighted by atomic mass is 10.00. The third-order valence-corrected chi connectivity index (χ3v) is 5.11. The molecule has 3 aromatic rings. The minimum Gasteiger partial charge on any atom is -0.329 e. The van der Waals surface area contributed by atoms with Crippen LogP contribution in [0, 0.1) is 0 Å². The highest BCUT2D eigenvalue weighted by Crippen LogP contribution is 2.25. The van der Waals surface area contributed by atoms with Crippen molar-refractivity contribution in [3.05, 3.63) is 77.9 Å². The van der Waals surface area contributed by atoms with Crippen LogP contribution in [0.25, 0.3) is 5.69 Å². The van der Waals surface area contributed by atoms with Gasteiger partial charge in [-0.2, -0.15) is 0 Å². The first kappa shape index (κ1) is 17.4. The van der Waals surface area contributed by atoms with Crippen LogP contribution in [-0.2, 0) is 6.42 Å². The van der Waals surface area contributed by atoms with Crippen LogP contribution in [0.5, 0.6) is 0 Å². The fourth-order valence-corrected chi connectivity index (χ4v) is 3.50. The van der Waals surface area contributed by atoms with E-state index in [1.807, 2.05) is 33.7 Å². The molecule has 6 nitrogen and oxygen atoms in total. The van der Waals surface area contributed by atoms with E-state index >= 15 is 0 Å². The number of aryl methyl sites for hydroxylation is 1. The van der Waals surface area contributed by atoms with Crippen molar-refractivity contribution in [1.29, 1.82) is 0 Å². The lowest BCUT2D eigenvalue weighted by molar-refractivity contribution is 0.0634. The molecule has 2 aromatic carbocycles. The highest BCUT2D eigenvalue weighted by atomic mass is 16.2. The SMILES string of the molecule is CCc1ccc(C2CNCCN2C(=O)c2ccc(-n3cnnc3)cc2)cc1. The Hall–Kier alpha value is -2.99. The Morgan fingerprint density at radius 1 is 1.07 bits per heavy atom. The smallest absolute Gasteiger partial charge is 0.254 e. The molecule has 0 bridgehead atoms. The van der Waals surface area contributed by atoms with Crippen LogP contribution in [0.2, 0.25) is 0 Å². The predicted molar refractivity (Wildman–Crippen MR) is 104 cm³/mol. The van der Waals surface area contributed by atoms with E-state index in [0.717, 1.165) is 25.2 Å². The van der Waals surface area contributed by atoms with Gasteiger partial charge in [0, 0.05) is 30.9 Å². The van der Waals surface area contributed by atoms with Crippen LogP contribution in [0.3, 0.4) is 0 Å². The van der Waals surface area contributed by atoms with E-state index in [1.165, 1.54) is 11.1 Å². The van der Waals surface area contributed by atoms with Crippen LogP contribution in [0.1, 0.15) is 34.5 Å². The van der Waals surface area contributed by atoms with Crippen LogP contribution in [-0.4, -0.2) is 45.2 Å². The second-order valence-electron chi connectivity index (χ2n) is 6.73. The van der Waals surface area contributed by atoms with E-state index in [-0.39, 0.29) is 11.9 Å². The van der Waals surface area contributed by atoms with Crippen molar-refractivity contribution in [2.45, 2.75) is 19.4 Å². The maximum Gasteiger partial charge on any atom is 0.254 e.